The van der Waals surface area contributed by atoms with Crippen LogP contribution in [0, 0.1) is 6.92 Å². The fraction of sp³-hybridized carbons (Fsp3) is 0.562. The molecule has 0 spiro atoms. The van der Waals surface area contributed by atoms with Gasteiger partial charge in [-0.1, -0.05) is 29.8 Å². The van der Waals surface area contributed by atoms with Crippen molar-refractivity contribution in [2.75, 3.05) is 13.1 Å². The molecule has 0 saturated heterocycles. The van der Waals surface area contributed by atoms with Gasteiger partial charge in [0.2, 0.25) is 0 Å². The molecular weight excluding hydrogens is 238 g/mol. The largest absolute Gasteiger partial charge is 0.460 e. The first-order valence-corrected chi connectivity index (χ1v) is 6.85. The van der Waals surface area contributed by atoms with Gasteiger partial charge in [-0.15, -0.1) is 0 Å². The smallest absolute Gasteiger partial charge is 0.307 e. The maximum Gasteiger partial charge on any atom is 0.307 e. The second-order valence-corrected chi connectivity index (χ2v) is 5.83. The average molecular weight is 263 g/mol. The number of esters is 1. The lowest BCUT2D eigenvalue weighted by molar-refractivity contribution is -0.154. The van der Waals surface area contributed by atoms with Crippen LogP contribution in [0.5, 0.6) is 0 Å². The van der Waals surface area contributed by atoms with Gasteiger partial charge in [0.15, 0.2) is 0 Å². The van der Waals surface area contributed by atoms with Crippen LogP contribution in [0.1, 0.15) is 38.3 Å². The van der Waals surface area contributed by atoms with Crippen molar-refractivity contribution in [2.24, 2.45) is 0 Å². The molecule has 0 radical (unpaired) electrons. The summed E-state index contributed by atoms with van der Waals surface area (Å²) < 4.78 is 5.24. The van der Waals surface area contributed by atoms with Crippen molar-refractivity contribution >= 4 is 5.97 Å². The van der Waals surface area contributed by atoms with Gasteiger partial charge < -0.3 is 10.1 Å². The van der Waals surface area contributed by atoms with Crippen LogP contribution >= 0.6 is 0 Å². The van der Waals surface area contributed by atoms with E-state index in [4.69, 9.17) is 4.74 Å². The minimum atomic E-state index is -0.390. The van der Waals surface area contributed by atoms with Gasteiger partial charge in [0.1, 0.15) is 5.60 Å². The van der Waals surface area contributed by atoms with Crippen molar-refractivity contribution < 1.29 is 9.53 Å². The molecule has 0 heterocycles. The number of nitrogens with one attached hydrogen (secondary N) is 1. The standard InChI is InChI=1S/C16H25NO2/c1-13-6-5-7-14(12-13)8-10-17-11-9-15(18)19-16(2,3)4/h5-7,12,17H,8-11H2,1-4H3. The topological polar surface area (TPSA) is 38.3 Å². The van der Waals surface area contributed by atoms with E-state index in [1.54, 1.807) is 0 Å². The molecule has 0 aromatic heterocycles. The van der Waals surface area contributed by atoms with Crippen LogP contribution < -0.4 is 5.32 Å². The van der Waals surface area contributed by atoms with Crippen molar-refractivity contribution in [2.45, 2.75) is 46.1 Å². The van der Waals surface area contributed by atoms with E-state index in [0.29, 0.717) is 13.0 Å². The first-order chi connectivity index (χ1) is 8.87. The van der Waals surface area contributed by atoms with Crippen LogP contribution in [0.4, 0.5) is 0 Å². The number of benzene rings is 1. The first-order valence-electron chi connectivity index (χ1n) is 6.85. The van der Waals surface area contributed by atoms with Crippen LogP contribution in [-0.4, -0.2) is 24.7 Å². The van der Waals surface area contributed by atoms with Gasteiger partial charge >= 0.3 is 5.97 Å². The van der Waals surface area contributed by atoms with E-state index in [1.807, 2.05) is 20.8 Å². The molecule has 1 N–H and O–H groups in total. The van der Waals surface area contributed by atoms with Crippen molar-refractivity contribution in [3.8, 4) is 0 Å². The summed E-state index contributed by atoms with van der Waals surface area (Å²) in [6.45, 7) is 9.30. The van der Waals surface area contributed by atoms with Gasteiger partial charge in [-0.05, 0) is 46.2 Å². The second kappa shape index (κ2) is 7.29. The maximum atomic E-state index is 11.5. The predicted molar refractivity (Wildman–Crippen MR) is 78.2 cm³/mol. The highest BCUT2D eigenvalue weighted by atomic mass is 16.6. The van der Waals surface area contributed by atoms with Gasteiger partial charge in [-0.3, -0.25) is 4.79 Å². The van der Waals surface area contributed by atoms with E-state index >= 15 is 0 Å². The summed E-state index contributed by atoms with van der Waals surface area (Å²) in [5.41, 5.74) is 2.22. The average Bonchev–Trinajstić information content (AvgIpc) is 2.26. The zero-order valence-corrected chi connectivity index (χ0v) is 12.5. The van der Waals surface area contributed by atoms with E-state index in [0.717, 1.165) is 13.0 Å². The van der Waals surface area contributed by atoms with E-state index in [9.17, 15) is 4.79 Å². The lowest BCUT2D eigenvalue weighted by Gasteiger charge is -2.19. The van der Waals surface area contributed by atoms with Crippen LogP contribution in [0.25, 0.3) is 0 Å². The Bertz CT molecular complexity index is 407. The lowest BCUT2D eigenvalue weighted by atomic mass is 10.1. The number of hydrogen-bond acceptors (Lipinski definition) is 3. The summed E-state index contributed by atoms with van der Waals surface area (Å²) in [7, 11) is 0. The molecule has 0 unspecified atom stereocenters. The summed E-state index contributed by atoms with van der Waals surface area (Å²) in [5.74, 6) is -0.143. The van der Waals surface area contributed by atoms with Crippen molar-refractivity contribution in [3.63, 3.8) is 0 Å². The van der Waals surface area contributed by atoms with Gasteiger partial charge in [-0.2, -0.15) is 0 Å². The summed E-state index contributed by atoms with van der Waals surface area (Å²) in [6.07, 6.45) is 1.40. The highest BCUT2D eigenvalue weighted by Gasteiger charge is 2.15. The molecule has 3 heteroatoms. The zero-order valence-electron chi connectivity index (χ0n) is 12.5. The minimum absolute atomic E-state index is 0.143. The third kappa shape index (κ3) is 7.62. The van der Waals surface area contributed by atoms with Crippen LogP contribution in [0.3, 0.4) is 0 Å². The summed E-state index contributed by atoms with van der Waals surface area (Å²) in [6, 6.07) is 8.49. The third-order valence-electron chi connectivity index (χ3n) is 2.60. The molecule has 0 aliphatic carbocycles. The Morgan fingerprint density at radius 3 is 2.63 bits per heavy atom. The highest BCUT2D eigenvalue weighted by Crippen LogP contribution is 2.07. The number of rotatable bonds is 6. The third-order valence-corrected chi connectivity index (χ3v) is 2.60. The summed E-state index contributed by atoms with van der Waals surface area (Å²) in [5, 5.41) is 3.27. The number of carbonyl (C=O) groups excluding carboxylic acids is 1. The van der Waals surface area contributed by atoms with Crippen LogP contribution in [0.2, 0.25) is 0 Å². The second-order valence-electron chi connectivity index (χ2n) is 5.83. The first kappa shape index (κ1) is 15.7. The van der Waals surface area contributed by atoms with Gasteiger partial charge in [0.25, 0.3) is 0 Å². The predicted octanol–water partition coefficient (Wildman–Crippen LogP) is 2.86. The number of aryl methyl sites for hydroxylation is 1. The Labute approximate surface area is 116 Å². The lowest BCUT2D eigenvalue weighted by Crippen LogP contribution is -2.27. The molecule has 106 valence electrons. The molecule has 0 aliphatic rings. The molecule has 3 nitrogen and oxygen atoms in total. The summed E-state index contributed by atoms with van der Waals surface area (Å²) in [4.78, 5) is 11.5. The highest BCUT2D eigenvalue weighted by molar-refractivity contribution is 5.70. The van der Waals surface area contributed by atoms with Crippen molar-refractivity contribution in [3.05, 3.63) is 35.4 Å². The molecule has 1 aromatic rings. The fourth-order valence-corrected chi connectivity index (χ4v) is 1.81. The molecule has 0 fully saturated rings. The summed E-state index contributed by atoms with van der Waals surface area (Å²) >= 11 is 0. The van der Waals surface area contributed by atoms with E-state index in [1.165, 1.54) is 11.1 Å². The zero-order chi connectivity index (χ0) is 14.3. The maximum absolute atomic E-state index is 11.5. The fourth-order valence-electron chi connectivity index (χ4n) is 1.81. The van der Waals surface area contributed by atoms with Gasteiger partial charge in [0, 0.05) is 6.54 Å². The van der Waals surface area contributed by atoms with Gasteiger partial charge in [-0.25, -0.2) is 0 Å². The monoisotopic (exact) mass is 263 g/mol. The van der Waals surface area contributed by atoms with E-state index < -0.39 is 5.60 Å². The molecule has 0 aliphatic heterocycles. The van der Waals surface area contributed by atoms with Crippen LogP contribution in [0.15, 0.2) is 24.3 Å². The Kier molecular flexibility index (Phi) is 6.03. The quantitative estimate of drug-likeness (QED) is 0.633. The Balaban J connectivity index is 2.13. The van der Waals surface area contributed by atoms with E-state index in [2.05, 4.69) is 36.5 Å². The molecule has 0 saturated carbocycles. The number of ether oxygens (including phenoxy) is 1. The van der Waals surface area contributed by atoms with Crippen molar-refractivity contribution in [1.29, 1.82) is 0 Å². The molecule has 19 heavy (non-hydrogen) atoms. The molecule has 0 amide bonds. The molecule has 1 aromatic carbocycles. The minimum Gasteiger partial charge on any atom is -0.460 e. The van der Waals surface area contributed by atoms with E-state index in [-0.39, 0.29) is 5.97 Å². The molecule has 0 bridgehead atoms. The normalized spacial score (nSPS) is 11.4. The molecular formula is C16H25NO2. The molecule has 1 rings (SSSR count). The number of carbonyl (C=O) groups is 1. The Hall–Kier alpha value is -1.35. The van der Waals surface area contributed by atoms with Crippen molar-refractivity contribution in [1.82, 2.24) is 5.32 Å². The van der Waals surface area contributed by atoms with Crippen LogP contribution in [-0.2, 0) is 16.0 Å². The van der Waals surface area contributed by atoms with Gasteiger partial charge in [0.05, 0.1) is 6.42 Å². The SMILES string of the molecule is Cc1cccc(CCNCCC(=O)OC(C)(C)C)c1. The Morgan fingerprint density at radius 2 is 2.00 bits per heavy atom. The Morgan fingerprint density at radius 1 is 1.26 bits per heavy atom. The number of hydrogen-bond donors (Lipinski definition) is 1. The molecule has 0 atom stereocenters.